The predicted molar refractivity (Wildman–Crippen MR) is 107 cm³/mol. The molecular weight excluding hydrogens is 354 g/mol. The van der Waals surface area contributed by atoms with Crippen LogP contribution in [0, 0.1) is 5.92 Å². The maximum absolute atomic E-state index is 12.7. The second kappa shape index (κ2) is 8.78. The zero-order valence-corrected chi connectivity index (χ0v) is 16.6. The maximum Gasteiger partial charge on any atom is 0.226 e. The normalized spacial score (nSPS) is 19.0. The number of likely N-dealkylation sites (tertiary alicyclic amines) is 2. The van der Waals surface area contributed by atoms with Crippen LogP contribution in [0.4, 0.5) is 0 Å². The van der Waals surface area contributed by atoms with Crippen LogP contribution in [0.3, 0.4) is 0 Å². The lowest BCUT2D eigenvalue weighted by Crippen LogP contribution is -2.44. The quantitative estimate of drug-likeness (QED) is 0.790. The monoisotopic (exact) mass is 383 g/mol. The van der Waals surface area contributed by atoms with Crippen LogP contribution in [-0.2, 0) is 11.3 Å². The molecule has 2 saturated heterocycles. The first kappa shape index (κ1) is 19.0. The van der Waals surface area contributed by atoms with E-state index in [2.05, 4.69) is 14.8 Å². The Balaban J connectivity index is 1.29. The van der Waals surface area contributed by atoms with Crippen molar-refractivity contribution in [2.24, 2.45) is 5.92 Å². The van der Waals surface area contributed by atoms with Gasteiger partial charge in [-0.05, 0) is 69.5 Å². The minimum absolute atomic E-state index is 0.196. The third kappa shape index (κ3) is 4.38. The lowest BCUT2D eigenvalue weighted by Gasteiger charge is -2.35. The van der Waals surface area contributed by atoms with Crippen molar-refractivity contribution < 1.29 is 13.9 Å². The van der Waals surface area contributed by atoms with E-state index >= 15 is 0 Å². The van der Waals surface area contributed by atoms with E-state index in [9.17, 15) is 4.79 Å². The second-order valence-electron chi connectivity index (χ2n) is 7.81. The van der Waals surface area contributed by atoms with Crippen LogP contribution in [0.5, 0.6) is 5.75 Å². The third-order valence-electron chi connectivity index (χ3n) is 5.88. The number of oxazole rings is 1. The molecule has 0 unspecified atom stereocenters. The molecule has 0 radical (unpaired) electrons. The van der Waals surface area contributed by atoms with Gasteiger partial charge in [0.25, 0.3) is 0 Å². The number of ether oxygens (including phenoxy) is 1. The van der Waals surface area contributed by atoms with E-state index in [0.717, 1.165) is 75.4 Å². The largest absolute Gasteiger partial charge is 0.497 e. The van der Waals surface area contributed by atoms with E-state index in [-0.39, 0.29) is 5.92 Å². The van der Waals surface area contributed by atoms with Crippen LogP contribution >= 0.6 is 0 Å². The summed E-state index contributed by atoms with van der Waals surface area (Å²) in [5.74, 6) is 2.02. The van der Waals surface area contributed by atoms with Crippen LogP contribution in [0.2, 0.25) is 0 Å². The number of carbonyl (C=O) groups is 1. The summed E-state index contributed by atoms with van der Waals surface area (Å²) in [7, 11) is 1.65. The Labute approximate surface area is 166 Å². The van der Waals surface area contributed by atoms with Crippen LogP contribution < -0.4 is 4.74 Å². The summed E-state index contributed by atoms with van der Waals surface area (Å²) in [6.07, 6.45) is 7.21. The number of aromatic nitrogens is 1. The molecule has 28 heavy (non-hydrogen) atoms. The van der Waals surface area contributed by atoms with E-state index in [1.54, 1.807) is 13.4 Å². The van der Waals surface area contributed by atoms with Gasteiger partial charge in [-0.15, -0.1) is 0 Å². The van der Waals surface area contributed by atoms with Crippen molar-refractivity contribution in [3.05, 3.63) is 36.2 Å². The minimum atomic E-state index is 0.196. The number of hydrogen-bond donors (Lipinski definition) is 0. The summed E-state index contributed by atoms with van der Waals surface area (Å²) in [6, 6.07) is 7.71. The molecule has 0 bridgehead atoms. The molecule has 0 spiro atoms. The Morgan fingerprint density at radius 2 is 1.82 bits per heavy atom. The first-order chi connectivity index (χ1) is 13.7. The summed E-state index contributed by atoms with van der Waals surface area (Å²) in [5, 5.41) is 0. The van der Waals surface area contributed by atoms with Crippen molar-refractivity contribution in [3.63, 3.8) is 0 Å². The fraction of sp³-hybridized carbons (Fsp3) is 0.545. The summed E-state index contributed by atoms with van der Waals surface area (Å²) < 4.78 is 10.9. The molecule has 4 rings (SSSR count). The number of rotatable bonds is 5. The van der Waals surface area contributed by atoms with Gasteiger partial charge in [-0.1, -0.05) is 0 Å². The van der Waals surface area contributed by atoms with Gasteiger partial charge in [0.1, 0.15) is 12.0 Å². The third-order valence-corrected chi connectivity index (χ3v) is 5.88. The molecule has 3 heterocycles. The number of carbonyl (C=O) groups excluding carboxylic acids is 1. The van der Waals surface area contributed by atoms with Crippen molar-refractivity contribution in [1.82, 2.24) is 14.8 Å². The number of benzene rings is 1. The van der Waals surface area contributed by atoms with Gasteiger partial charge in [-0.2, -0.15) is 0 Å². The molecule has 2 aliphatic rings. The maximum atomic E-state index is 12.7. The SMILES string of the molecule is COc1ccc(-c2nc(CN3CCC(C(=O)N4CCCCC4)CC3)co2)cc1. The molecule has 1 amide bonds. The van der Waals surface area contributed by atoms with E-state index in [4.69, 9.17) is 9.15 Å². The van der Waals surface area contributed by atoms with Crippen LogP contribution in [0.1, 0.15) is 37.8 Å². The van der Waals surface area contributed by atoms with Crippen molar-refractivity contribution in [1.29, 1.82) is 0 Å². The van der Waals surface area contributed by atoms with Crippen molar-refractivity contribution in [3.8, 4) is 17.2 Å². The van der Waals surface area contributed by atoms with Gasteiger partial charge in [0.15, 0.2) is 0 Å². The summed E-state index contributed by atoms with van der Waals surface area (Å²) in [6.45, 7) is 4.55. The Kier molecular flexibility index (Phi) is 5.95. The molecule has 2 fully saturated rings. The first-order valence-electron chi connectivity index (χ1n) is 10.3. The zero-order chi connectivity index (χ0) is 19.3. The molecule has 0 saturated carbocycles. The average Bonchev–Trinajstić information content (AvgIpc) is 3.23. The zero-order valence-electron chi connectivity index (χ0n) is 16.6. The highest BCUT2D eigenvalue weighted by molar-refractivity contribution is 5.79. The fourth-order valence-electron chi connectivity index (χ4n) is 4.19. The molecule has 6 heteroatoms. The van der Waals surface area contributed by atoms with E-state index in [0.29, 0.717) is 11.8 Å². The van der Waals surface area contributed by atoms with Gasteiger partial charge < -0.3 is 14.1 Å². The lowest BCUT2D eigenvalue weighted by molar-refractivity contribution is -0.138. The van der Waals surface area contributed by atoms with Crippen LogP contribution in [0.15, 0.2) is 34.9 Å². The molecule has 150 valence electrons. The molecule has 0 atom stereocenters. The Hall–Kier alpha value is -2.34. The standard InChI is InChI=1S/C22H29N3O3/c1-27-20-7-5-17(6-8-20)21-23-19(16-28-21)15-24-13-9-18(10-14-24)22(26)25-11-3-2-4-12-25/h5-8,16,18H,2-4,9-15H2,1H3. The van der Waals surface area contributed by atoms with Gasteiger partial charge in [-0.25, -0.2) is 4.98 Å². The molecular formula is C22H29N3O3. The number of nitrogens with zero attached hydrogens (tertiary/aromatic N) is 3. The number of amides is 1. The molecule has 0 N–H and O–H groups in total. The van der Waals surface area contributed by atoms with Crippen molar-refractivity contribution in [2.75, 3.05) is 33.3 Å². The van der Waals surface area contributed by atoms with E-state index in [1.807, 2.05) is 24.3 Å². The molecule has 1 aromatic heterocycles. The first-order valence-corrected chi connectivity index (χ1v) is 10.3. The highest BCUT2D eigenvalue weighted by Gasteiger charge is 2.29. The average molecular weight is 383 g/mol. The molecule has 2 aromatic rings. The van der Waals surface area contributed by atoms with Gasteiger partial charge >= 0.3 is 0 Å². The number of hydrogen-bond acceptors (Lipinski definition) is 5. The topological polar surface area (TPSA) is 58.8 Å². The van der Waals surface area contributed by atoms with Gasteiger partial charge in [0.2, 0.25) is 11.8 Å². The molecule has 1 aromatic carbocycles. The van der Waals surface area contributed by atoms with E-state index < -0.39 is 0 Å². The highest BCUT2D eigenvalue weighted by atomic mass is 16.5. The predicted octanol–water partition coefficient (Wildman–Crippen LogP) is 3.57. The van der Waals surface area contributed by atoms with Crippen molar-refractivity contribution in [2.45, 2.75) is 38.6 Å². The van der Waals surface area contributed by atoms with Crippen LogP contribution in [0.25, 0.3) is 11.5 Å². The van der Waals surface area contributed by atoms with Gasteiger partial charge in [0.05, 0.1) is 12.8 Å². The fourth-order valence-corrected chi connectivity index (χ4v) is 4.19. The molecule has 2 aliphatic heterocycles. The Bertz CT molecular complexity index is 773. The molecule has 6 nitrogen and oxygen atoms in total. The summed E-state index contributed by atoms with van der Waals surface area (Å²) >= 11 is 0. The molecule has 0 aliphatic carbocycles. The summed E-state index contributed by atoms with van der Waals surface area (Å²) in [4.78, 5) is 21.8. The second-order valence-corrected chi connectivity index (χ2v) is 7.81. The van der Waals surface area contributed by atoms with Crippen molar-refractivity contribution >= 4 is 5.91 Å². The highest BCUT2D eigenvalue weighted by Crippen LogP contribution is 2.25. The smallest absolute Gasteiger partial charge is 0.226 e. The lowest BCUT2D eigenvalue weighted by atomic mass is 9.94. The minimum Gasteiger partial charge on any atom is -0.497 e. The van der Waals surface area contributed by atoms with Gasteiger partial charge in [-0.3, -0.25) is 9.69 Å². The van der Waals surface area contributed by atoms with E-state index in [1.165, 1.54) is 6.42 Å². The summed E-state index contributed by atoms with van der Waals surface area (Å²) in [5.41, 5.74) is 1.88. The Morgan fingerprint density at radius 1 is 1.11 bits per heavy atom. The number of methoxy groups -OCH3 is 1. The Morgan fingerprint density at radius 3 is 2.50 bits per heavy atom. The number of piperidine rings is 2. The van der Waals surface area contributed by atoms with Crippen LogP contribution in [-0.4, -0.2) is 54.0 Å². The van der Waals surface area contributed by atoms with Gasteiger partial charge in [0, 0.05) is 31.1 Å².